The van der Waals surface area contributed by atoms with Gasteiger partial charge in [0.2, 0.25) is 0 Å². The molecule has 90 valence electrons. The normalized spacial score (nSPS) is 24.8. The van der Waals surface area contributed by atoms with Gasteiger partial charge in [-0.3, -0.25) is 0 Å². The monoisotopic (exact) mass is 215 g/mol. The first-order chi connectivity index (χ1) is 7.12. The SMILES string of the molecule is COC(C)C(C)(CO)NC1CCCCC1. The molecule has 0 saturated heterocycles. The maximum atomic E-state index is 9.47. The largest absolute Gasteiger partial charge is 0.394 e. The molecule has 3 nitrogen and oxygen atoms in total. The highest BCUT2D eigenvalue weighted by Gasteiger charge is 2.33. The van der Waals surface area contributed by atoms with E-state index in [9.17, 15) is 5.11 Å². The predicted octanol–water partition coefficient (Wildman–Crippen LogP) is 1.69. The molecule has 1 aliphatic rings. The van der Waals surface area contributed by atoms with Gasteiger partial charge in [0.15, 0.2) is 0 Å². The molecule has 0 aromatic carbocycles. The van der Waals surface area contributed by atoms with Crippen molar-refractivity contribution in [2.75, 3.05) is 13.7 Å². The summed E-state index contributed by atoms with van der Waals surface area (Å²) in [5.74, 6) is 0. The summed E-state index contributed by atoms with van der Waals surface area (Å²) in [5.41, 5.74) is -0.309. The molecule has 0 spiro atoms. The zero-order valence-corrected chi connectivity index (χ0v) is 10.3. The highest BCUT2D eigenvalue weighted by Crippen LogP contribution is 2.22. The van der Waals surface area contributed by atoms with E-state index in [0.29, 0.717) is 6.04 Å². The quantitative estimate of drug-likeness (QED) is 0.733. The number of rotatable bonds is 5. The Hall–Kier alpha value is -0.120. The lowest BCUT2D eigenvalue weighted by molar-refractivity contribution is -0.000230. The molecular formula is C12H25NO2. The van der Waals surface area contributed by atoms with Crippen LogP contribution in [0.5, 0.6) is 0 Å². The number of nitrogens with one attached hydrogen (secondary N) is 1. The van der Waals surface area contributed by atoms with Crippen LogP contribution in [0.2, 0.25) is 0 Å². The molecule has 3 heteroatoms. The smallest absolute Gasteiger partial charge is 0.0744 e. The summed E-state index contributed by atoms with van der Waals surface area (Å²) < 4.78 is 5.33. The summed E-state index contributed by atoms with van der Waals surface area (Å²) >= 11 is 0. The Labute approximate surface area is 93.2 Å². The third kappa shape index (κ3) is 3.44. The van der Waals surface area contributed by atoms with Crippen LogP contribution in [-0.2, 0) is 4.74 Å². The summed E-state index contributed by atoms with van der Waals surface area (Å²) in [7, 11) is 1.70. The van der Waals surface area contributed by atoms with Gasteiger partial charge in [0.1, 0.15) is 0 Å². The van der Waals surface area contributed by atoms with Gasteiger partial charge in [-0.1, -0.05) is 19.3 Å². The van der Waals surface area contributed by atoms with Gasteiger partial charge in [-0.2, -0.15) is 0 Å². The number of methoxy groups -OCH3 is 1. The number of ether oxygens (including phenoxy) is 1. The summed E-state index contributed by atoms with van der Waals surface area (Å²) in [4.78, 5) is 0. The third-order valence-electron chi connectivity index (χ3n) is 3.72. The second-order valence-electron chi connectivity index (χ2n) is 4.93. The molecule has 1 rings (SSSR count). The van der Waals surface area contributed by atoms with Crippen LogP contribution in [0.15, 0.2) is 0 Å². The van der Waals surface area contributed by atoms with Crippen molar-refractivity contribution < 1.29 is 9.84 Å². The van der Waals surface area contributed by atoms with Crippen molar-refractivity contribution in [1.82, 2.24) is 5.32 Å². The molecular weight excluding hydrogens is 190 g/mol. The highest BCUT2D eigenvalue weighted by atomic mass is 16.5. The molecule has 1 saturated carbocycles. The maximum absolute atomic E-state index is 9.47. The summed E-state index contributed by atoms with van der Waals surface area (Å²) in [6.45, 7) is 4.17. The first-order valence-corrected chi connectivity index (χ1v) is 6.03. The van der Waals surface area contributed by atoms with Gasteiger partial charge in [-0.25, -0.2) is 0 Å². The fraction of sp³-hybridized carbons (Fsp3) is 1.00. The average molecular weight is 215 g/mol. The van der Waals surface area contributed by atoms with E-state index < -0.39 is 0 Å². The Kier molecular flexibility index (Phi) is 5.03. The second-order valence-corrected chi connectivity index (χ2v) is 4.93. The molecule has 2 unspecified atom stereocenters. The molecule has 0 aromatic heterocycles. The number of hydrogen-bond donors (Lipinski definition) is 2. The summed E-state index contributed by atoms with van der Waals surface area (Å²) in [6, 6.07) is 0.550. The molecule has 0 aliphatic heterocycles. The number of hydrogen-bond acceptors (Lipinski definition) is 3. The molecule has 1 fully saturated rings. The van der Waals surface area contributed by atoms with Crippen molar-refractivity contribution >= 4 is 0 Å². The highest BCUT2D eigenvalue weighted by molar-refractivity contribution is 4.92. The fourth-order valence-corrected chi connectivity index (χ4v) is 2.26. The molecule has 0 radical (unpaired) electrons. The van der Waals surface area contributed by atoms with Crippen LogP contribution in [0.3, 0.4) is 0 Å². The molecule has 0 heterocycles. The molecule has 1 aliphatic carbocycles. The van der Waals surface area contributed by atoms with Crippen LogP contribution >= 0.6 is 0 Å². The lowest BCUT2D eigenvalue weighted by atomic mass is 9.90. The molecule has 0 bridgehead atoms. The zero-order chi connectivity index (χ0) is 11.3. The van der Waals surface area contributed by atoms with Crippen molar-refractivity contribution in [3.8, 4) is 0 Å². The Balaban J connectivity index is 2.50. The van der Waals surface area contributed by atoms with Crippen LogP contribution in [0.25, 0.3) is 0 Å². The fourth-order valence-electron chi connectivity index (χ4n) is 2.26. The van der Waals surface area contributed by atoms with E-state index in [1.165, 1.54) is 32.1 Å². The van der Waals surface area contributed by atoms with Gasteiger partial charge in [-0.05, 0) is 26.7 Å². The van der Waals surface area contributed by atoms with Crippen LogP contribution in [-0.4, -0.2) is 36.5 Å². The van der Waals surface area contributed by atoms with E-state index in [1.807, 2.05) is 13.8 Å². The van der Waals surface area contributed by atoms with Gasteiger partial charge >= 0.3 is 0 Å². The van der Waals surface area contributed by atoms with Crippen LogP contribution in [0.1, 0.15) is 46.0 Å². The van der Waals surface area contributed by atoms with Crippen LogP contribution in [0, 0.1) is 0 Å². The van der Waals surface area contributed by atoms with Gasteiger partial charge in [-0.15, -0.1) is 0 Å². The van der Waals surface area contributed by atoms with Gasteiger partial charge in [0.25, 0.3) is 0 Å². The van der Waals surface area contributed by atoms with Gasteiger partial charge in [0, 0.05) is 13.2 Å². The molecule has 0 amide bonds. The molecule has 2 N–H and O–H groups in total. The van der Waals surface area contributed by atoms with Crippen LogP contribution < -0.4 is 5.32 Å². The summed E-state index contributed by atoms with van der Waals surface area (Å²) in [5, 5.41) is 13.0. The Morgan fingerprint density at radius 2 is 2.00 bits per heavy atom. The van der Waals surface area contributed by atoms with Crippen molar-refractivity contribution in [3.63, 3.8) is 0 Å². The van der Waals surface area contributed by atoms with E-state index >= 15 is 0 Å². The predicted molar refractivity (Wildman–Crippen MR) is 62.0 cm³/mol. The minimum atomic E-state index is -0.309. The van der Waals surface area contributed by atoms with Crippen molar-refractivity contribution in [2.24, 2.45) is 0 Å². The Morgan fingerprint density at radius 1 is 1.40 bits per heavy atom. The Bertz CT molecular complexity index is 180. The van der Waals surface area contributed by atoms with Crippen LogP contribution in [0.4, 0.5) is 0 Å². The standard InChI is InChI=1S/C12H25NO2/c1-10(15-3)12(2,9-14)13-11-7-5-4-6-8-11/h10-11,13-14H,4-9H2,1-3H3. The minimum Gasteiger partial charge on any atom is -0.394 e. The number of aliphatic hydroxyl groups excluding tert-OH is 1. The zero-order valence-electron chi connectivity index (χ0n) is 10.3. The van der Waals surface area contributed by atoms with E-state index in [4.69, 9.17) is 4.74 Å². The lowest BCUT2D eigenvalue weighted by Crippen LogP contribution is -2.58. The second kappa shape index (κ2) is 5.83. The molecule has 15 heavy (non-hydrogen) atoms. The van der Waals surface area contributed by atoms with E-state index in [2.05, 4.69) is 5.32 Å². The first-order valence-electron chi connectivity index (χ1n) is 6.03. The topological polar surface area (TPSA) is 41.5 Å². The van der Waals surface area contributed by atoms with E-state index in [-0.39, 0.29) is 18.2 Å². The van der Waals surface area contributed by atoms with Gasteiger partial charge in [0.05, 0.1) is 18.2 Å². The van der Waals surface area contributed by atoms with Crippen molar-refractivity contribution in [2.45, 2.75) is 63.6 Å². The minimum absolute atomic E-state index is 0.0319. The first kappa shape index (κ1) is 12.9. The third-order valence-corrected chi connectivity index (χ3v) is 3.72. The maximum Gasteiger partial charge on any atom is 0.0744 e. The van der Waals surface area contributed by atoms with Crippen molar-refractivity contribution in [3.05, 3.63) is 0 Å². The molecule has 2 atom stereocenters. The van der Waals surface area contributed by atoms with E-state index in [1.54, 1.807) is 7.11 Å². The lowest BCUT2D eigenvalue weighted by Gasteiger charge is -2.39. The van der Waals surface area contributed by atoms with Crippen molar-refractivity contribution in [1.29, 1.82) is 0 Å². The summed E-state index contributed by atoms with van der Waals surface area (Å²) in [6.07, 6.45) is 6.46. The van der Waals surface area contributed by atoms with E-state index in [0.717, 1.165) is 0 Å². The Morgan fingerprint density at radius 3 is 2.47 bits per heavy atom. The number of aliphatic hydroxyl groups is 1. The average Bonchev–Trinajstić information content (AvgIpc) is 2.29. The molecule has 0 aromatic rings. The van der Waals surface area contributed by atoms with Gasteiger partial charge < -0.3 is 15.2 Å².